The number of anilines is 1. The van der Waals surface area contributed by atoms with Crippen LogP contribution in [-0.4, -0.2) is 33.5 Å². The second-order valence-corrected chi connectivity index (χ2v) is 8.21. The minimum atomic E-state index is -0.459. The lowest BCUT2D eigenvalue weighted by atomic mass is 10.3. The number of thioether (sulfide) groups is 1. The molecule has 1 N–H and O–H groups in total. The van der Waals surface area contributed by atoms with Gasteiger partial charge in [0.1, 0.15) is 5.82 Å². The normalized spacial score (nSPS) is 11.6. The Hall–Kier alpha value is -3.85. The average Bonchev–Trinajstić information content (AvgIpc) is 3.28. The fourth-order valence-electron chi connectivity index (χ4n) is 3.31. The highest BCUT2D eigenvalue weighted by molar-refractivity contribution is 7.99. The Morgan fingerprint density at radius 3 is 2.50 bits per heavy atom. The molecule has 7 nitrogen and oxygen atoms in total. The van der Waals surface area contributed by atoms with E-state index in [0.29, 0.717) is 28.2 Å². The van der Waals surface area contributed by atoms with E-state index in [2.05, 4.69) is 15.5 Å². The number of carbonyl (C=O) groups excluding carboxylic acids is 1. The second kappa shape index (κ2) is 10.8. The van der Waals surface area contributed by atoms with Crippen molar-refractivity contribution in [2.45, 2.75) is 18.2 Å². The van der Waals surface area contributed by atoms with E-state index >= 15 is 0 Å². The first kappa shape index (κ1) is 23.3. The van der Waals surface area contributed by atoms with Gasteiger partial charge in [0.2, 0.25) is 5.91 Å². The van der Waals surface area contributed by atoms with Gasteiger partial charge in [0.25, 0.3) is 0 Å². The highest BCUT2D eigenvalue weighted by atomic mass is 32.2. The van der Waals surface area contributed by atoms with Crippen molar-refractivity contribution in [3.05, 3.63) is 90.5 Å². The summed E-state index contributed by atoms with van der Waals surface area (Å²) in [5.74, 6) is 1.15. The van der Waals surface area contributed by atoms with Gasteiger partial charge in [0.05, 0.1) is 12.9 Å². The molecule has 4 aromatic rings. The fourth-order valence-corrected chi connectivity index (χ4v) is 4.07. The van der Waals surface area contributed by atoms with Crippen LogP contribution in [-0.2, 0) is 4.79 Å². The van der Waals surface area contributed by atoms with Crippen molar-refractivity contribution in [1.29, 1.82) is 0 Å². The lowest BCUT2D eigenvalue weighted by Crippen LogP contribution is -2.15. The number of rotatable bonds is 9. The van der Waals surface area contributed by atoms with Crippen LogP contribution in [0.2, 0.25) is 0 Å². The smallest absolute Gasteiger partial charge is 0.234 e. The van der Waals surface area contributed by atoms with E-state index in [1.165, 1.54) is 23.9 Å². The maximum atomic E-state index is 13.4. The van der Waals surface area contributed by atoms with E-state index in [0.717, 1.165) is 5.69 Å². The monoisotopic (exact) mass is 478 g/mol. The summed E-state index contributed by atoms with van der Waals surface area (Å²) in [6.45, 7) is 1.88. The van der Waals surface area contributed by atoms with Crippen molar-refractivity contribution in [1.82, 2.24) is 14.8 Å². The van der Waals surface area contributed by atoms with E-state index in [9.17, 15) is 9.18 Å². The molecular formula is C25H23FN4O3S. The van der Waals surface area contributed by atoms with Gasteiger partial charge >= 0.3 is 0 Å². The molecule has 34 heavy (non-hydrogen) atoms. The lowest BCUT2D eigenvalue weighted by molar-refractivity contribution is -0.113. The van der Waals surface area contributed by atoms with Gasteiger partial charge in [-0.25, -0.2) is 4.39 Å². The number of para-hydroxylation sites is 3. The van der Waals surface area contributed by atoms with Crippen LogP contribution in [0.3, 0.4) is 0 Å². The van der Waals surface area contributed by atoms with Crippen LogP contribution < -0.4 is 14.8 Å². The molecule has 4 rings (SSSR count). The van der Waals surface area contributed by atoms with Gasteiger partial charge in [-0.1, -0.05) is 48.2 Å². The molecule has 1 atom stereocenters. The number of ether oxygens (including phenoxy) is 2. The van der Waals surface area contributed by atoms with Crippen LogP contribution in [0.15, 0.2) is 84.0 Å². The maximum absolute atomic E-state index is 13.4. The molecule has 1 aromatic heterocycles. The summed E-state index contributed by atoms with van der Waals surface area (Å²) < 4.78 is 26.8. The Bertz CT molecular complexity index is 1270. The number of carbonyl (C=O) groups is 1. The molecule has 3 aromatic carbocycles. The minimum Gasteiger partial charge on any atom is -0.493 e. The Kier molecular flexibility index (Phi) is 7.44. The van der Waals surface area contributed by atoms with E-state index in [1.807, 2.05) is 66.1 Å². The Morgan fingerprint density at radius 2 is 1.76 bits per heavy atom. The number of methoxy groups -OCH3 is 1. The number of nitrogens with zero attached hydrogens (tertiary/aromatic N) is 3. The van der Waals surface area contributed by atoms with Gasteiger partial charge in [-0.15, -0.1) is 10.2 Å². The van der Waals surface area contributed by atoms with Crippen molar-refractivity contribution in [3.8, 4) is 17.2 Å². The Labute approximate surface area is 200 Å². The molecule has 0 aliphatic rings. The van der Waals surface area contributed by atoms with E-state index in [4.69, 9.17) is 9.47 Å². The molecule has 0 fully saturated rings. The summed E-state index contributed by atoms with van der Waals surface area (Å²) in [4.78, 5) is 12.4. The first-order valence-electron chi connectivity index (χ1n) is 10.5. The molecule has 1 unspecified atom stereocenters. The number of hydrogen-bond acceptors (Lipinski definition) is 6. The third-order valence-corrected chi connectivity index (χ3v) is 5.78. The topological polar surface area (TPSA) is 78.3 Å². The van der Waals surface area contributed by atoms with Gasteiger partial charge in [0, 0.05) is 11.4 Å². The summed E-state index contributed by atoms with van der Waals surface area (Å²) in [6, 6.07) is 22.7. The van der Waals surface area contributed by atoms with E-state index in [1.54, 1.807) is 19.2 Å². The largest absolute Gasteiger partial charge is 0.493 e. The average molecular weight is 479 g/mol. The molecule has 0 spiro atoms. The molecule has 0 aliphatic heterocycles. The number of benzene rings is 3. The molecule has 9 heteroatoms. The summed E-state index contributed by atoms with van der Waals surface area (Å²) in [7, 11) is 1.59. The molecule has 1 amide bonds. The standard InChI is InChI=1S/C25H23FN4O3S/c1-17(33-22-14-7-6-13-21(22)32-2)24-28-29-25(30(24)20-11-4-3-5-12-20)34-16-23(31)27-19-10-8-9-18(26)15-19/h3-15,17H,16H2,1-2H3,(H,27,31). The second-order valence-electron chi connectivity index (χ2n) is 7.27. The van der Waals surface area contributed by atoms with Crippen LogP contribution in [0.1, 0.15) is 18.9 Å². The zero-order chi connectivity index (χ0) is 23.9. The van der Waals surface area contributed by atoms with Gasteiger partial charge in [-0.05, 0) is 49.4 Å². The maximum Gasteiger partial charge on any atom is 0.234 e. The number of halogens is 1. The molecule has 174 valence electrons. The van der Waals surface area contributed by atoms with Crippen LogP contribution in [0, 0.1) is 5.82 Å². The van der Waals surface area contributed by atoms with Crippen molar-refractivity contribution < 1.29 is 18.7 Å². The van der Waals surface area contributed by atoms with Crippen molar-refractivity contribution >= 4 is 23.4 Å². The molecule has 0 saturated carbocycles. The predicted molar refractivity (Wildman–Crippen MR) is 129 cm³/mol. The molecule has 0 bridgehead atoms. The SMILES string of the molecule is COc1ccccc1OC(C)c1nnc(SCC(=O)Nc2cccc(F)c2)n1-c1ccccc1. The van der Waals surface area contributed by atoms with Gasteiger partial charge in [-0.3, -0.25) is 9.36 Å². The summed E-state index contributed by atoms with van der Waals surface area (Å²) >= 11 is 1.23. The van der Waals surface area contributed by atoms with Crippen LogP contribution >= 0.6 is 11.8 Å². The fraction of sp³-hybridized carbons (Fsp3) is 0.160. The highest BCUT2D eigenvalue weighted by Gasteiger charge is 2.22. The highest BCUT2D eigenvalue weighted by Crippen LogP contribution is 2.32. The van der Waals surface area contributed by atoms with Crippen molar-refractivity contribution in [2.24, 2.45) is 0 Å². The van der Waals surface area contributed by atoms with Crippen molar-refractivity contribution in [2.75, 3.05) is 18.2 Å². The van der Waals surface area contributed by atoms with Crippen LogP contribution in [0.5, 0.6) is 11.5 Å². The van der Waals surface area contributed by atoms with Crippen molar-refractivity contribution in [3.63, 3.8) is 0 Å². The molecule has 1 heterocycles. The number of aromatic nitrogens is 3. The summed E-state index contributed by atoms with van der Waals surface area (Å²) in [5, 5.41) is 11.9. The Morgan fingerprint density at radius 1 is 1.03 bits per heavy atom. The zero-order valence-electron chi connectivity index (χ0n) is 18.6. The van der Waals surface area contributed by atoms with Crippen LogP contribution in [0.25, 0.3) is 5.69 Å². The molecule has 0 radical (unpaired) electrons. The molecule has 0 aliphatic carbocycles. The lowest BCUT2D eigenvalue weighted by Gasteiger charge is -2.18. The first-order valence-corrected chi connectivity index (χ1v) is 11.5. The third kappa shape index (κ3) is 5.55. The number of nitrogens with one attached hydrogen (secondary N) is 1. The third-order valence-electron chi connectivity index (χ3n) is 4.85. The van der Waals surface area contributed by atoms with Gasteiger partial charge < -0.3 is 14.8 Å². The zero-order valence-corrected chi connectivity index (χ0v) is 19.5. The van der Waals surface area contributed by atoms with Gasteiger partial charge in [0.15, 0.2) is 28.6 Å². The number of amides is 1. The number of hydrogen-bond donors (Lipinski definition) is 1. The van der Waals surface area contributed by atoms with Gasteiger partial charge in [-0.2, -0.15) is 0 Å². The summed E-state index contributed by atoms with van der Waals surface area (Å²) in [5.41, 5.74) is 1.24. The minimum absolute atomic E-state index is 0.0726. The first-order chi connectivity index (χ1) is 16.5. The molecule has 0 saturated heterocycles. The predicted octanol–water partition coefficient (Wildman–Crippen LogP) is 5.29. The quantitative estimate of drug-likeness (QED) is 0.330. The molecular weight excluding hydrogens is 455 g/mol. The summed E-state index contributed by atoms with van der Waals surface area (Å²) in [6.07, 6.45) is -0.459. The van der Waals surface area contributed by atoms with E-state index < -0.39 is 11.9 Å². The Balaban J connectivity index is 1.55. The van der Waals surface area contributed by atoms with Crippen LogP contribution in [0.4, 0.5) is 10.1 Å². The van der Waals surface area contributed by atoms with E-state index in [-0.39, 0.29) is 11.7 Å².